The van der Waals surface area contributed by atoms with Crippen LogP contribution in [-0.2, 0) is 0 Å². The summed E-state index contributed by atoms with van der Waals surface area (Å²) in [6.07, 6.45) is -0.0711. The van der Waals surface area contributed by atoms with E-state index in [4.69, 9.17) is 9.72 Å². The van der Waals surface area contributed by atoms with Gasteiger partial charge in [-0.25, -0.2) is 4.98 Å². The summed E-state index contributed by atoms with van der Waals surface area (Å²) < 4.78 is 7.45. The number of aromatic carboxylic acids is 1. The van der Waals surface area contributed by atoms with Gasteiger partial charge in [-0.1, -0.05) is 54.6 Å². The van der Waals surface area contributed by atoms with Gasteiger partial charge in [0, 0.05) is 23.3 Å². The number of pyridine rings is 1. The second-order valence-electron chi connectivity index (χ2n) is 8.53. The van der Waals surface area contributed by atoms with Gasteiger partial charge in [0.05, 0.1) is 27.4 Å². The molecule has 0 fully saturated rings. The summed E-state index contributed by atoms with van der Waals surface area (Å²) in [6.45, 7) is 3.87. The number of carboxylic acid groups (broad SMARTS) is 1. The van der Waals surface area contributed by atoms with Crippen LogP contribution in [0.4, 0.5) is 0 Å². The van der Waals surface area contributed by atoms with Crippen molar-refractivity contribution in [3.05, 3.63) is 95.1 Å². The van der Waals surface area contributed by atoms with Crippen molar-refractivity contribution in [3.8, 4) is 16.3 Å². The average Bonchev–Trinajstić information content (AvgIpc) is 3.21. The van der Waals surface area contributed by atoms with Crippen LogP contribution < -0.4 is 39.4 Å². The van der Waals surface area contributed by atoms with Gasteiger partial charge in [-0.05, 0) is 54.1 Å². The Labute approximate surface area is 235 Å². The number of carbonyl (C=O) groups is 1. The van der Waals surface area contributed by atoms with E-state index in [-0.39, 0.29) is 41.7 Å². The number of hydrogen-bond donors (Lipinski definition) is 1. The van der Waals surface area contributed by atoms with Crippen LogP contribution >= 0.6 is 11.3 Å². The summed E-state index contributed by atoms with van der Waals surface area (Å²) in [5.74, 6) is -0.884. The molecule has 2 heterocycles. The first-order valence-corrected chi connectivity index (χ1v) is 12.3. The summed E-state index contributed by atoms with van der Waals surface area (Å²) in [6, 6.07) is 22.9. The Morgan fingerprint density at radius 3 is 2.47 bits per heavy atom. The predicted octanol–water partition coefficient (Wildman–Crippen LogP) is 2.60. The number of rotatable bonds is 7. The average molecular weight is 506 g/mol. The van der Waals surface area contributed by atoms with Gasteiger partial charge in [-0.3, -0.25) is 0 Å². The minimum absolute atomic E-state index is 0. The molecule has 0 aliphatic heterocycles. The molecule has 36 heavy (non-hydrogen) atoms. The number of aliphatic hydroxyl groups excluding tert-OH is 1. The molecule has 0 aliphatic carbocycles. The van der Waals surface area contributed by atoms with Crippen molar-refractivity contribution < 1.29 is 49.3 Å². The number of fused-ring (bicyclic) bond motifs is 2. The molecule has 1 atom stereocenters. The fourth-order valence-corrected chi connectivity index (χ4v) is 5.64. The molecule has 0 bridgehead atoms. The number of aliphatic hydroxyl groups is 1. The molecular weight excluding hydrogens is 481 g/mol. The molecule has 0 saturated heterocycles. The van der Waals surface area contributed by atoms with Crippen LogP contribution in [0, 0.1) is 13.8 Å². The minimum atomic E-state index is -1.29. The number of ether oxygens (including phenoxy) is 1. The number of aryl methyl sites for hydroxylation is 2. The summed E-state index contributed by atoms with van der Waals surface area (Å²) in [7, 11) is 0. The van der Waals surface area contributed by atoms with Crippen LogP contribution in [0.15, 0.2) is 72.8 Å². The van der Waals surface area contributed by atoms with Crippen molar-refractivity contribution in [2.45, 2.75) is 26.4 Å². The van der Waals surface area contributed by atoms with E-state index in [2.05, 4.69) is 12.1 Å². The smallest absolute Gasteiger partial charge is 0.545 e. The molecule has 5 nitrogen and oxygen atoms in total. The number of carbonyl (C=O) groups excluding carboxylic acids is 1. The second-order valence-corrected chi connectivity index (χ2v) is 9.58. The minimum Gasteiger partial charge on any atom is -0.545 e. The van der Waals surface area contributed by atoms with Gasteiger partial charge in [-0.15, -0.1) is 11.3 Å². The molecule has 176 valence electrons. The van der Waals surface area contributed by atoms with E-state index in [1.165, 1.54) is 0 Å². The topological polar surface area (TPSA) is 82.5 Å². The van der Waals surface area contributed by atoms with E-state index in [9.17, 15) is 15.0 Å². The van der Waals surface area contributed by atoms with Gasteiger partial charge < -0.3 is 19.7 Å². The molecule has 0 aliphatic rings. The Bertz CT molecular complexity index is 1550. The monoisotopic (exact) mass is 505 g/mol. The fourth-order valence-electron chi connectivity index (χ4n) is 4.47. The molecular formula is C29H24NNaO4S. The molecule has 5 rings (SSSR count). The third kappa shape index (κ3) is 4.92. The number of thiophene rings is 1. The van der Waals surface area contributed by atoms with Gasteiger partial charge in [0.15, 0.2) is 0 Å². The maximum atomic E-state index is 12.4. The van der Waals surface area contributed by atoms with Crippen molar-refractivity contribution >= 4 is 38.3 Å². The Morgan fingerprint density at radius 2 is 1.78 bits per heavy atom. The maximum absolute atomic E-state index is 12.4. The molecule has 0 amide bonds. The van der Waals surface area contributed by atoms with Crippen LogP contribution in [0.5, 0.6) is 5.75 Å². The number of aromatic nitrogens is 1. The van der Waals surface area contributed by atoms with E-state index in [0.717, 1.165) is 31.7 Å². The first-order chi connectivity index (χ1) is 17.0. The normalized spacial score (nSPS) is 11.9. The molecule has 7 heteroatoms. The molecule has 0 radical (unpaired) electrons. The van der Waals surface area contributed by atoms with E-state index in [1.807, 2.05) is 62.4 Å². The molecule has 5 aromatic rings. The van der Waals surface area contributed by atoms with E-state index < -0.39 is 12.1 Å². The van der Waals surface area contributed by atoms with E-state index >= 15 is 0 Å². The SMILES string of the molecule is Cc1c(-c2cc(C(=O)[O-])c3c(O[C@@H](CCO)c4ccccc4)ccc(C)c3n2)sc2ccccc12.[Na+]. The Balaban J connectivity index is 0.00000304. The molecule has 0 unspecified atom stereocenters. The summed E-state index contributed by atoms with van der Waals surface area (Å²) in [5, 5.41) is 23.5. The van der Waals surface area contributed by atoms with Gasteiger partial charge in [-0.2, -0.15) is 0 Å². The van der Waals surface area contributed by atoms with Crippen molar-refractivity contribution in [1.82, 2.24) is 4.98 Å². The van der Waals surface area contributed by atoms with Crippen molar-refractivity contribution in [1.29, 1.82) is 0 Å². The van der Waals surface area contributed by atoms with E-state index in [1.54, 1.807) is 23.5 Å². The van der Waals surface area contributed by atoms with Crippen LogP contribution in [-0.4, -0.2) is 22.7 Å². The third-order valence-corrected chi connectivity index (χ3v) is 7.55. The Kier molecular flexibility index (Phi) is 8.13. The predicted molar refractivity (Wildman–Crippen MR) is 138 cm³/mol. The Hall–Kier alpha value is -2.74. The maximum Gasteiger partial charge on any atom is 1.00 e. The first kappa shape index (κ1) is 26.3. The van der Waals surface area contributed by atoms with Crippen molar-refractivity contribution in [2.75, 3.05) is 6.61 Å². The van der Waals surface area contributed by atoms with Gasteiger partial charge >= 0.3 is 29.6 Å². The van der Waals surface area contributed by atoms with Crippen LogP contribution in [0.1, 0.15) is 39.6 Å². The zero-order chi connectivity index (χ0) is 24.5. The molecule has 3 aromatic carbocycles. The summed E-state index contributed by atoms with van der Waals surface area (Å²) >= 11 is 1.60. The van der Waals surface area contributed by atoms with E-state index in [0.29, 0.717) is 28.8 Å². The van der Waals surface area contributed by atoms with Crippen molar-refractivity contribution in [2.24, 2.45) is 0 Å². The summed E-state index contributed by atoms with van der Waals surface area (Å²) in [5.41, 5.74) is 4.01. The molecule has 0 spiro atoms. The molecule has 2 aromatic heterocycles. The fraction of sp³-hybridized carbons (Fsp3) is 0.172. The van der Waals surface area contributed by atoms with Gasteiger partial charge in [0.2, 0.25) is 0 Å². The second kappa shape index (κ2) is 11.1. The zero-order valence-corrected chi connectivity index (χ0v) is 23.3. The standard InChI is InChI=1S/C29H25NO4S.Na/c1-17-12-13-24(34-23(14-15-31)19-8-4-3-5-9-19)26-21(29(32)33)16-22(30-27(17)26)28-18(2)20-10-6-7-11-25(20)35-28;/h3-13,16,23,31H,14-15H2,1-2H3,(H,32,33);/q;+1/p-1/t23-;/m0./s1. The molecule has 0 saturated carbocycles. The Morgan fingerprint density at radius 1 is 1.06 bits per heavy atom. The summed E-state index contributed by atoms with van der Waals surface area (Å²) in [4.78, 5) is 18.2. The van der Waals surface area contributed by atoms with Gasteiger partial charge in [0.25, 0.3) is 0 Å². The number of benzene rings is 3. The number of carboxylic acids is 1. The van der Waals surface area contributed by atoms with Crippen LogP contribution in [0.2, 0.25) is 0 Å². The zero-order valence-electron chi connectivity index (χ0n) is 20.4. The van der Waals surface area contributed by atoms with Crippen LogP contribution in [0.25, 0.3) is 31.6 Å². The first-order valence-electron chi connectivity index (χ1n) is 11.4. The van der Waals surface area contributed by atoms with Crippen molar-refractivity contribution in [3.63, 3.8) is 0 Å². The number of nitrogens with zero attached hydrogens (tertiary/aromatic N) is 1. The van der Waals surface area contributed by atoms with Crippen LogP contribution in [0.3, 0.4) is 0 Å². The third-order valence-electron chi connectivity index (χ3n) is 6.25. The quantitative estimate of drug-likeness (QED) is 0.344. The molecule has 1 N–H and O–H groups in total. The van der Waals surface area contributed by atoms with Gasteiger partial charge in [0.1, 0.15) is 11.9 Å². The largest absolute Gasteiger partial charge is 1.00 e. The number of hydrogen-bond acceptors (Lipinski definition) is 6.